The average Bonchev–Trinajstić information content (AvgIpc) is 2.76. The van der Waals surface area contributed by atoms with Crippen molar-refractivity contribution in [2.24, 2.45) is 5.92 Å². The van der Waals surface area contributed by atoms with Gasteiger partial charge in [0.15, 0.2) is 0 Å². The first-order valence-electron chi connectivity index (χ1n) is 11.9. The summed E-state index contributed by atoms with van der Waals surface area (Å²) < 4.78 is 27.1. The molecule has 0 bridgehead atoms. The lowest BCUT2D eigenvalue weighted by Crippen LogP contribution is -2.45. The molecule has 1 amide bonds. The number of nitrogens with one attached hydrogen (secondary N) is 1. The van der Waals surface area contributed by atoms with Gasteiger partial charge in [-0.1, -0.05) is 76.0 Å². The van der Waals surface area contributed by atoms with Gasteiger partial charge in [-0.2, -0.15) is 4.31 Å². The van der Waals surface area contributed by atoms with Gasteiger partial charge in [0.25, 0.3) is 0 Å². The second-order valence-corrected chi connectivity index (χ2v) is 10.9. The molecular weight excluding hydrogens is 396 g/mol. The van der Waals surface area contributed by atoms with Crippen LogP contribution in [0.5, 0.6) is 0 Å². The minimum Gasteiger partial charge on any atom is -0.353 e. The molecule has 1 N–H and O–H groups in total. The molecule has 3 rings (SSSR count). The lowest BCUT2D eigenvalue weighted by molar-refractivity contribution is -0.127. The Hall–Kier alpha value is -1.40. The molecule has 1 aliphatic heterocycles. The molecule has 1 saturated heterocycles. The van der Waals surface area contributed by atoms with Crippen LogP contribution in [0.4, 0.5) is 0 Å². The SMILES string of the molecule is O=C(NC1CCCCCCCCCCC1)C1CCN(S(=O)(=O)c2ccccc2)CC1. The van der Waals surface area contributed by atoms with Crippen LogP contribution in [-0.2, 0) is 14.8 Å². The summed E-state index contributed by atoms with van der Waals surface area (Å²) in [5.41, 5.74) is 0. The molecule has 2 fully saturated rings. The molecular formula is C24H38N2O3S. The Morgan fingerprint density at radius 3 is 1.80 bits per heavy atom. The molecule has 1 aliphatic carbocycles. The Balaban J connectivity index is 1.49. The van der Waals surface area contributed by atoms with E-state index in [2.05, 4.69) is 5.32 Å². The van der Waals surface area contributed by atoms with Crippen molar-refractivity contribution in [3.8, 4) is 0 Å². The smallest absolute Gasteiger partial charge is 0.243 e. The molecule has 5 nitrogen and oxygen atoms in total. The molecule has 1 saturated carbocycles. The van der Waals surface area contributed by atoms with Crippen LogP contribution in [0.25, 0.3) is 0 Å². The molecule has 2 aliphatic rings. The molecule has 1 heterocycles. The largest absolute Gasteiger partial charge is 0.353 e. The number of sulfonamides is 1. The zero-order valence-corrected chi connectivity index (χ0v) is 19.0. The van der Waals surface area contributed by atoms with Crippen LogP contribution in [0, 0.1) is 5.92 Å². The minimum absolute atomic E-state index is 0.0754. The van der Waals surface area contributed by atoms with E-state index in [9.17, 15) is 13.2 Å². The number of nitrogens with zero attached hydrogens (tertiary/aromatic N) is 1. The highest BCUT2D eigenvalue weighted by Gasteiger charge is 2.32. The Kier molecular flexibility index (Phi) is 9.19. The average molecular weight is 435 g/mol. The van der Waals surface area contributed by atoms with Gasteiger partial charge in [0.1, 0.15) is 0 Å². The predicted octanol–water partition coefficient (Wildman–Crippen LogP) is 4.88. The maximum absolute atomic E-state index is 12.9. The quantitative estimate of drug-likeness (QED) is 0.735. The van der Waals surface area contributed by atoms with Gasteiger partial charge in [0.2, 0.25) is 15.9 Å². The fourth-order valence-corrected chi connectivity index (χ4v) is 6.22. The van der Waals surface area contributed by atoms with Crippen LogP contribution in [0.1, 0.15) is 83.5 Å². The summed E-state index contributed by atoms with van der Waals surface area (Å²) in [7, 11) is -3.46. The number of hydrogen-bond acceptors (Lipinski definition) is 3. The molecule has 168 valence electrons. The Bertz CT molecular complexity index is 731. The van der Waals surface area contributed by atoms with Crippen LogP contribution in [0.2, 0.25) is 0 Å². The summed E-state index contributed by atoms with van der Waals surface area (Å²) in [5, 5.41) is 3.32. The number of carbonyl (C=O) groups excluding carboxylic acids is 1. The Morgan fingerprint density at radius 2 is 1.27 bits per heavy atom. The van der Waals surface area contributed by atoms with Gasteiger partial charge in [-0.3, -0.25) is 4.79 Å². The van der Waals surface area contributed by atoms with Crippen LogP contribution < -0.4 is 5.32 Å². The maximum Gasteiger partial charge on any atom is 0.243 e. The lowest BCUT2D eigenvalue weighted by atomic mass is 9.94. The molecule has 0 spiro atoms. The molecule has 0 atom stereocenters. The number of carbonyl (C=O) groups is 1. The first kappa shape index (κ1) is 23.3. The van der Waals surface area contributed by atoms with Crippen molar-refractivity contribution < 1.29 is 13.2 Å². The fraction of sp³-hybridized carbons (Fsp3) is 0.708. The summed E-state index contributed by atoms with van der Waals surface area (Å²) in [4.78, 5) is 13.2. The van der Waals surface area contributed by atoms with Crippen molar-refractivity contribution >= 4 is 15.9 Å². The summed E-state index contributed by atoms with van der Waals surface area (Å²) in [6.45, 7) is 0.833. The van der Waals surface area contributed by atoms with Crippen LogP contribution in [0.15, 0.2) is 35.2 Å². The van der Waals surface area contributed by atoms with Crippen molar-refractivity contribution in [3.05, 3.63) is 30.3 Å². The van der Waals surface area contributed by atoms with Crippen molar-refractivity contribution in [3.63, 3.8) is 0 Å². The first-order chi connectivity index (χ1) is 14.6. The molecule has 1 aromatic rings. The number of hydrogen-bond donors (Lipinski definition) is 1. The van der Waals surface area contributed by atoms with Gasteiger partial charge in [-0.05, 0) is 37.8 Å². The summed E-state index contributed by atoms with van der Waals surface area (Å²) in [6.07, 6.45) is 15.0. The Morgan fingerprint density at radius 1 is 0.767 bits per heavy atom. The van der Waals surface area contributed by atoms with E-state index in [1.54, 1.807) is 24.3 Å². The van der Waals surface area contributed by atoms with E-state index in [-0.39, 0.29) is 17.9 Å². The molecule has 0 aromatic heterocycles. The summed E-state index contributed by atoms with van der Waals surface area (Å²) in [6, 6.07) is 8.86. The van der Waals surface area contributed by atoms with Gasteiger partial charge in [-0.25, -0.2) is 8.42 Å². The van der Waals surface area contributed by atoms with Crippen molar-refractivity contribution in [1.29, 1.82) is 0 Å². The second kappa shape index (κ2) is 11.8. The number of piperidine rings is 1. The number of rotatable bonds is 4. The highest BCUT2D eigenvalue weighted by molar-refractivity contribution is 7.89. The number of amides is 1. The van der Waals surface area contributed by atoms with E-state index in [1.165, 1.54) is 62.1 Å². The van der Waals surface area contributed by atoms with E-state index in [0.717, 1.165) is 12.8 Å². The monoisotopic (exact) mass is 434 g/mol. The number of benzene rings is 1. The third-order valence-electron chi connectivity index (χ3n) is 6.66. The van der Waals surface area contributed by atoms with E-state index in [0.29, 0.717) is 30.8 Å². The van der Waals surface area contributed by atoms with Gasteiger partial charge in [0.05, 0.1) is 4.90 Å². The third-order valence-corrected chi connectivity index (χ3v) is 8.57. The van der Waals surface area contributed by atoms with Crippen LogP contribution >= 0.6 is 0 Å². The molecule has 30 heavy (non-hydrogen) atoms. The van der Waals surface area contributed by atoms with Crippen molar-refractivity contribution in [2.75, 3.05) is 13.1 Å². The zero-order chi connectivity index (χ0) is 21.2. The van der Waals surface area contributed by atoms with Gasteiger partial charge in [-0.15, -0.1) is 0 Å². The maximum atomic E-state index is 12.9. The molecule has 1 aromatic carbocycles. The van der Waals surface area contributed by atoms with Crippen LogP contribution in [-0.4, -0.2) is 37.8 Å². The highest BCUT2D eigenvalue weighted by atomic mass is 32.2. The van der Waals surface area contributed by atoms with Crippen molar-refractivity contribution in [2.45, 2.75) is 94.4 Å². The zero-order valence-electron chi connectivity index (χ0n) is 18.2. The summed E-state index contributed by atoms with van der Waals surface area (Å²) in [5.74, 6) is 0.0532. The molecule has 6 heteroatoms. The van der Waals surface area contributed by atoms with E-state index in [4.69, 9.17) is 0 Å². The van der Waals surface area contributed by atoms with E-state index < -0.39 is 10.0 Å². The van der Waals surface area contributed by atoms with Crippen molar-refractivity contribution in [1.82, 2.24) is 9.62 Å². The second-order valence-electron chi connectivity index (χ2n) is 8.96. The Labute approximate surface area is 182 Å². The highest BCUT2D eigenvalue weighted by Crippen LogP contribution is 2.24. The van der Waals surface area contributed by atoms with E-state index in [1.807, 2.05) is 6.07 Å². The van der Waals surface area contributed by atoms with Gasteiger partial charge >= 0.3 is 0 Å². The van der Waals surface area contributed by atoms with Gasteiger partial charge < -0.3 is 5.32 Å². The first-order valence-corrected chi connectivity index (χ1v) is 13.4. The van der Waals surface area contributed by atoms with E-state index >= 15 is 0 Å². The molecule has 0 radical (unpaired) electrons. The van der Waals surface area contributed by atoms with Crippen LogP contribution in [0.3, 0.4) is 0 Å². The summed E-state index contributed by atoms with van der Waals surface area (Å²) >= 11 is 0. The normalized spacial score (nSPS) is 22.0. The van der Waals surface area contributed by atoms with Gasteiger partial charge in [0, 0.05) is 25.0 Å². The predicted molar refractivity (Wildman–Crippen MR) is 121 cm³/mol. The topological polar surface area (TPSA) is 66.5 Å². The standard InChI is InChI=1S/C24H38N2O3S/c27-24(25-22-13-9-6-4-2-1-3-5-7-10-14-22)21-17-19-26(20-18-21)30(28,29)23-15-11-8-12-16-23/h8,11-12,15-16,21-22H,1-7,9-10,13-14,17-20H2,(H,25,27). The molecule has 0 unspecified atom stereocenters. The third kappa shape index (κ3) is 6.81. The minimum atomic E-state index is -3.46. The fourth-order valence-electron chi connectivity index (χ4n) is 4.73. The lowest BCUT2D eigenvalue weighted by Gasteiger charge is -2.31.